The van der Waals surface area contributed by atoms with Gasteiger partial charge in [-0.15, -0.1) is 0 Å². The summed E-state index contributed by atoms with van der Waals surface area (Å²) in [4.78, 5) is 0. The molecule has 0 radical (unpaired) electrons. The molecular weight excluding hydrogens is 182 g/mol. The van der Waals surface area contributed by atoms with Crippen LogP contribution in [0.25, 0.3) is 0 Å². The van der Waals surface area contributed by atoms with Gasteiger partial charge in [-0.2, -0.15) is 0 Å². The van der Waals surface area contributed by atoms with Crippen molar-refractivity contribution in [2.75, 3.05) is 5.73 Å². The third-order valence-electron chi connectivity index (χ3n) is 1.61. The smallest absolute Gasteiger partial charge is 0.0489 e. The largest absolute Gasteiger partial charge is 0.398 e. The fraction of sp³-hybridized carbons (Fsp3) is 0.273. The second-order valence-electron chi connectivity index (χ2n) is 2.78. The highest BCUT2D eigenvalue weighted by Gasteiger charge is 1.95. The van der Waals surface area contributed by atoms with Crippen LogP contribution in [-0.2, 0) is 0 Å². The van der Waals surface area contributed by atoms with Crippen molar-refractivity contribution in [1.29, 1.82) is 0 Å². The van der Waals surface area contributed by atoms with Gasteiger partial charge in [0, 0.05) is 22.7 Å². The first-order valence-corrected chi connectivity index (χ1v) is 4.65. The number of benzene rings is 1. The Morgan fingerprint density at radius 3 is 2.92 bits per heavy atom. The molecule has 0 aliphatic carbocycles. The molecule has 0 aliphatic heterocycles. The van der Waals surface area contributed by atoms with Crippen LogP contribution in [0, 0.1) is 11.8 Å². The summed E-state index contributed by atoms with van der Waals surface area (Å²) < 4.78 is 0. The van der Waals surface area contributed by atoms with Crippen LogP contribution >= 0.6 is 11.6 Å². The zero-order chi connectivity index (χ0) is 9.68. The number of rotatable bonds is 1. The molecular formula is C11H12ClN. The molecule has 1 aromatic rings. The predicted octanol–water partition coefficient (Wildman–Crippen LogP) is 3.07. The molecule has 0 atom stereocenters. The van der Waals surface area contributed by atoms with Gasteiger partial charge in [-0.05, 0) is 24.6 Å². The molecule has 1 nitrogen and oxygen atoms in total. The number of halogens is 1. The molecule has 0 amide bonds. The average Bonchev–Trinajstić information content (AvgIpc) is 2.11. The van der Waals surface area contributed by atoms with E-state index in [2.05, 4.69) is 18.8 Å². The van der Waals surface area contributed by atoms with Crippen LogP contribution in [-0.4, -0.2) is 0 Å². The van der Waals surface area contributed by atoms with Gasteiger partial charge in [-0.3, -0.25) is 0 Å². The van der Waals surface area contributed by atoms with E-state index in [0.717, 1.165) is 18.4 Å². The summed E-state index contributed by atoms with van der Waals surface area (Å²) in [5, 5.41) is 0.676. The van der Waals surface area contributed by atoms with Crippen LogP contribution in [0.5, 0.6) is 0 Å². The van der Waals surface area contributed by atoms with Gasteiger partial charge in [0.25, 0.3) is 0 Å². The summed E-state index contributed by atoms with van der Waals surface area (Å²) in [6.45, 7) is 2.09. The summed E-state index contributed by atoms with van der Waals surface area (Å²) in [6, 6.07) is 5.33. The SMILES string of the molecule is CCCC#Cc1cc(Cl)ccc1N. The summed E-state index contributed by atoms with van der Waals surface area (Å²) in [7, 11) is 0. The number of hydrogen-bond acceptors (Lipinski definition) is 1. The minimum Gasteiger partial charge on any atom is -0.398 e. The van der Waals surface area contributed by atoms with E-state index in [1.165, 1.54) is 0 Å². The van der Waals surface area contributed by atoms with Crippen molar-refractivity contribution in [2.24, 2.45) is 0 Å². The van der Waals surface area contributed by atoms with Gasteiger partial charge < -0.3 is 5.73 Å². The van der Waals surface area contributed by atoms with E-state index in [-0.39, 0.29) is 0 Å². The Kier molecular flexibility index (Phi) is 3.67. The van der Waals surface area contributed by atoms with Crippen molar-refractivity contribution < 1.29 is 0 Å². The van der Waals surface area contributed by atoms with Crippen LogP contribution in [0.4, 0.5) is 5.69 Å². The molecule has 0 heterocycles. The van der Waals surface area contributed by atoms with Crippen molar-refractivity contribution in [3.63, 3.8) is 0 Å². The Morgan fingerprint density at radius 1 is 1.46 bits per heavy atom. The molecule has 0 spiro atoms. The Hall–Kier alpha value is -1.13. The first kappa shape index (κ1) is 9.95. The van der Waals surface area contributed by atoms with Crippen molar-refractivity contribution in [1.82, 2.24) is 0 Å². The van der Waals surface area contributed by atoms with Gasteiger partial charge in [0.1, 0.15) is 0 Å². The maximum atomic E-state index is 5.81. The molecule has 0 bridgehead atoms. The quantitative estimate of drug-likeness (QED) is 0.539. The van der Waals surface area contributed by atoms with Crippen LogP contribution in [0.1, 0.15) is 25.3 Å². The fourth-order valence-electron chi connectivity index (χ4n) is 0.919. The molecule has 1 aromatic carbocycles. The maximum absolute atomic E-state index is 5.81. The molecule has 68 valence electrons. The maximum Gasteiger partial charge on any atom is 0.0489 e. The predicted molar refractivity (Wildman–Crippen MR) is 57.7 cm³/mol. The van der Waals surface area contributed by atoms with Crippen LogP contribution in [0.3, 0.4) is 0 Å². The van der Waals surface area contributed by atoms with Gasteiger partial charge >= 0.3 is 0 Å². The lowest BCUT2D eigenvalue weighted by molar-refractivity contribution is 0.983. The van der Waals surface area contributed by atoms with Crippen LogP contribution in [0.2, 0.25) is 5.02 Å². The number of unbranched alkanes of at least 4 members (excludes halogenated alkanes) is 1. The molecule has 0 fully saturated rings. The zero-order valence-electron chi connectivity index (χ0n) is 7.60. The highest BCUT2D eigenvalue weighted by atomic mass is 35.5. The summed E-state index contributed by atoms with van der Waals surface area (Å²) >= 11 is 5.81. The Morgan fingerprint density at radius 2 is 2.23 bits per heavy atom. The third kappa shape index (κ3) is 3.01. The van der Waals surface area contributed by atoms with Crippen LogP contribution < -0.4 is 5.73 Å². The minimum absolute atomic E-state index is 0.676. The Labute approximate surface area is 83.9 Å². The summed E-state index contributed by atoms with van der Waals surface area (Å²) in [5.41, 5.74) is 7.22. The molecule has 0 saturated carbocycles. The van der Waals surface area contributed by atoms with E-state index in [1.54, 1.807) is 18.2 Å². The van der Waals surface area contributed by atoms with Crippen LogP contribution in [0.15, 0.2) is 18.2 Å². The monoisotopic (exact) mass is 193 g/mol. The van der Waals surface area contributed by atoms with Gasteiger partial charge in [0.15, 0.2) is 0 Å². The van der Waals surface area contributed by atoms with Crippen molar-refractivity contribution in [2.45, 2.75) is 19.8 Å². The van der Waals surface area contributed by atoms with E-state index < -0.39 is 0 Å². The zero-order valence-corrected chi connectivity index (χ0v) is 8.36. The van der Waals surface area contributed by atoms with Gasteiger partial charge in [0.05, 0.1) is 0 Å². The minimum atomic E-state index is 0.676. The molecule has 0 saturated heterocycles. The lowest BCUT2D eigenvalue weighted by atomic mass is 10.2. The first-order chi connectivity index (χ1) is 6.24. The Bertz CT molecular complexity index is 347. The van der Waals surface area contributed by atoms with Gasteiger partial charge in [-0.25, -0.2) is 0 Å². The van der Waals surface area contributed by atoms with Crippen molar-refractivity contribution in [3.05, 3.63) is 28.8 Å². The number of hydrogen-bond donors (Lipinski definition) is 1. The topological polar surface area (TPSA) is 26.0 Å². The molecule has 1 rings (SSSR count). The second-order valence-corrected chi connectivity index (χ2v) is 3.22. The normalized spacial score (nSPS) is 9.08. The van der Waals surface area contributed by atoms with Gasteiger partial charge in [0.2, 0.25) is 0 Å². The van der Waals surface area contributed by atoms with E-state index in [0.29, 0.717) is 10.7 Å². The number of nitrogens with two attached hydrogens (primary N) is 1. The number of nitrogen functional groups attached to an aromatic ring is 1. The highest BCUT2D eigenvalue weighted by molar-refractivity contribution is 6.30. The molecule has 2 N–H and O–H groups in total. The summed E-state index contributed by atoms with van der Waals surface area (Å²) in [6.07, 6.45) is 1.96. The lowest BCUT2D eigenvalue weighted by Crippen LogP contribution is -1.89. The van der Waals surface area contributed by atoms with Crippen molar-refractivity contribution in [3.8, 4) is 11.8 Å². The molecule has 2 heteroatoms. The first-order valence-electron chi connectivity index (χ1n) is 4.28. The van der Waals surface area contributed by atoms with E-state index >= 15 is 0 Å². The Balaban J connectivity index is 2.89. The fourth-order valence-corrected chi connectivity index (χ4v) is 1.09. The molecule has 13 heavy (non-hydrogen) atoms. The highest BCUT2D eigenvalue weighted by Crippen LogP contribution is 2.16. The molecule has 0 aromatic heterocycles. The van der Waals surface area contributed by atoms with Gasteiger partial charge in [-0.1, -0.05) is 30.4 Å². The van der Waals surface area contributed by atoms with E-state index in [1.807, 2.05) is 0 Å². The summed E-state index contributed by atoms with van der Waals surface area (Å²) in [5.74, 6) is 6.03. The number of anilines is 1. The molecule has 0 aliphatic rings. The molecule has 0 unspecified atom stereocenters. The van der Waals surface area contributed by atoms with E-state index in [9.17, 15) is 0 Å². The van der Waals surface area contributed by atoms with Crippen molar-refractivity contribution >= 4 is 17.3 Å². The third-order valence-corrected chi connectivity index (χ3v) is 1.85. The standard InChI is InChI=1S/C11H12ClN/c1-2-3-4-5-9-8-10(12)6-7-11(9)13/h6-8H,2-3,13H2,1H3. The lowest BCUT2D eigenvalue weighted by Gasteiger charge is -1.97. The second kappa shape index (κ2) is 4.79. The van der Waals surface area contributed by atoms with E-state index in [4.69, 9.17) is 17.3 Å². The average molecular weight is 194 g/mol.